The predicted molar refractivity (Wildman–Crippen MR) is 75.9 cm³/mol. The van der Waals surface area contributed by atoms with Crippen LogP contribution >= 0.6 is 12.4 Å². The lowest BCUT2D eigenvalue weighted by Gasteiger charge is -2.31. The highest BCUT2D eigenvalue weighted by atomic mass is 35.5. The highest BCUT2D eigenvalue weighted by molar-refractivity contribution is 7.89. The number of ether oxygens (including phenoxy) is 1. The Labute approximate surface area is 124 Å². The molecular formula is C12H18ClFN2O3S. The summed E-state index contributed by atoms with van der Waals surface area (Å²) in [5, 5.41) is 0. The monoisotopic (exact) mass is 324 g/mol. The average Bonchev–Trinajstić information content (AvgIpc) is 2.41. The third kappa shape index (κ3) is 3.48. The van der Waals surface area contributed by atoms with Crippen molar-refractivity contribution in [2.45, 2.75) is 17.9 Å². The smallest absolute Gasteiger partial charge is 0.243 e. The van der Waals surface area contributed by atoms with Gasteiger partial charge in [-0.2, -0.15) is 4.31 Å². The maximum absolute atomic E-state index is 13.3. The largest absolute Gasteiger partial charge is 0.374 e. The minimum atomic E-state index is -3.70. The van der Waals surface area contributed by atoms with Crippen LogP contribution in [-0.4, -0.2) is 45.1 Å². The number of benzene rings is 1. The van der Waals surface area contributed by atoms with Gasteiger partial charge in [0, 0.05) is 19.6 Å². The zero-order chi connectivity index (χ0) is 14.0. The molecule has 0 aromatic heterocycles. The van der Waals surface area contributed by atoms with Gasteiger partial charge >= 0.3 is 0 Å². The third-order valence-corrected chi connectivity index (χ3v) is 5.14. The van der Waals surface area contributed by atoms with E-state index in [0.29, 0.717) is 12.2 Å². The summed E-state index contributed by atoms with van der Waals surface area (Å²) in [6.45, 7) is 2.67. The summed E-state index contributed by atoms with van der Waals surface area (Å²) in [5.41, 5.74) is 6.02. The molecule has 20 heavy (non-hydrogen) atoms. The molecule has 1 aliphatic rings. The maximum Gasteiger partial charge on any atom is 0.243 e. The van der Waals surface area contributed by atoms with Crippen LogP contribution < -0.4 is 5.73 Å². The summed E-state index contributed by atoms with van der Waals surface area (Å²) in [7, 11) is -3.70. The van der Waals surface area contributed by atoms with E-state index in [1.807, 2.05) is 0 Å². The Balaban J connectivity index is 0.00000200. The van der Waals surface area contributed by atoms with Crippen LogP contribution in [0.4, 0.5) is 4.39 Å². The summed E-state index contributed by atoms with van der Waals surface area (Å²) in [6, 6.07) is 3.76. The van der Waals surface area contributed by atoms with E-state index in [0.717, 1.165) is 6.07 Å². The summed E-state index contributed by atoms with van der Waals surface area (Å²) in [5.74, 6) is -0.562. The quantitative estimate of drug-likeness (QED) is 0.897. The van der Waals surface area contributed by atoms with E-state index in [4.69, 9.17) is 10.5 Å². The van der Waals surface area contributed by atoms with Crippen molar-refractivity contribution in [3.63, 3.8) is 0 Å². The van der Waals surface area contributed by atoms with E-state index in [1.54, 1.807) is 6.92 Å². The summed E-state index contributed by atoms with van der Waals surface area (Å²) < 4.78 is 44.9. The van der Waals surface area contributed by atoms with Crippen LogP contribution in [0.15, 0.2) is 23.1 Å². The molecule has 1 aromatic rings. The fourth-order valence-electron chi connectivity index (χ4n) is 2.04. The van der Waals surface area contributed by atoms with E-state index in [-0.39, 0.29) is 43.0 Å². The lowest BCUT2D eigenvalue weighted by Crippen LogP contribution is -2.48. The van der Waals surface area contributed by atoms with Crippen molar-refractivity contribution >= 4 is 22.4 Å². The minimum absolute atomic E-state index is 0. The number of aryl methyl sites for hydroxylation is 1. The van der Waals surface area contributed by atoms with Gasteiger partial charge in [-0.05, 0) is 24.6 Å². The van der Waals surface area contributed by atoms with Gasteiger partial charge in [-0.15, -0.1) is 12.4 Å². The van der Waals surface area contributed by atoms with Crippen LogP contribution in [0.1, 0.15) is 5.56 Å². The zero-order valence-corrected chi connectivity index (χ0v) is 12.7. The highest BCUT2D eigenvalue weighted by Gasteiger charge is 2.31. The first-order chi connectivity index (χ1) is 8.95. The normalized spacial score (nSPS) is 20.4. The molecule has 0 aliphatic carbocycles. The first kappa shape index (κ1) is 17.3. The Morgan fingerprint density at radius 2 is 2.20 bits per heavy atom. The Hall–Kier alpha value is -0.730. The molecule has 1 saturated heterocycles. The first-order valence-electron chi connectivity index (χ1n) is 6.03. The zero-order valence-electron chi connectivity index (χ0n) is 11.1. The molecule has 1 heterocycles. The molecule has 0 amide bonds. The molecule has 8 heteroatoms. The molecule has 1 aliphatic heterocycles. The fourth-order valence-corrected chi connectivity index (χ4v) is 3.74. The van der Waals surface area contributed by atoms with Crippen molar-refractivity contribution in [3.05, 3.63) is 29.6 Å². The second-order valence-corrected chi connectivity index (χ2v) is 6.41. The van der Waals surface area contributed by atoms with Crippen LogP contribution in [0.2, 0.25) is 0 Å². The van der Waals surface area contributed by atoms with Crippen LogP contribution in [0.5, 0.6) is 0 Å². The minimum Gasteiger partial charge on any atom is -0.374 e. The van der Waals surface area contributed by atoms with E-state index in [9.17, 15) is 12.8 Å². The first-order valence-corrected chi connectivity index (χ1v) is 7.47. The Morgan fingerprint density at radius 3 is 2.85 bits per heavy atom. The average molecular weight is 325 g/mol. The SMILES string of the molecule is Cc1ccc(F)cc1S(=O)(=O)N1CCOC(CN)C1.Cl. The molecule has 5 nitrogen and oxygen atoms in total. The topological polar surface area (TPSA) is 72.6 Å². The predicted octanol–water partition coefficient (Wildman–Crippen LogP) is 0.904. The number of halogens is 2. The van der Waals surface area contributed by atoms with Gasteiger partial charge in [0.1, 0.15) is 5.82 Å². The summed E-state index contributed by atoms with van der Waals surface area (Å²) in [4.78, 5) is 0.00479. The van der Waals surface area contributed by atoms with E-state index in [1.165, 1.54) is 16.4 Å². The molecule has 1 fully saturated rings. The molecule has 0 bridgehead atoms. The van der Waals surface area contributed by atoms with Crippen molar-refractivity contribution < 1.29 is 17.5 Å². The molecule has 114 valence electrons. The second kappa shape index (κ2) is 6.82. The molecule has 2 N–H and O–H groups in total. The molecule has 1 aromatic carbocycles. The lowest BCUT2D eigenvalue weighted by molar-refractivity contribution is 0.00449. The van der Waals surface area contributed by atoms with Gasteiger partial charge in [0.05, 0.1) is 17.6 Å². The number of hydrogen-bond acceptors (Lipinski definition) is 4. The van der Waals surface area contributed by atoms with Crippen LogP contribution in [0.25, 0.3) is 0 Å². The number of rotatable bonds is 3. The number of hydrogen-bond donors (Lipinski definition) is 1. The highest BCUT2D eigenvalue weighted by Crippen LogP contribution is 2.22. The van der Waals surface area contributed by atoms with Crippen molar-refractivity contribution in [1.82, 2.24) is 4.31 Å². The third-order valence-electron chi connectivity index (χ3n) is 3.13. The standard InChI is InChI=1S/C12H17FN2O3S.ClH/c1-9-2-3-10(13)6-12(9)19(16,17)15-4-5-18-11(7-14)8-15;/h2-3,6,11H,4-5,7-8,14H2,1H3;1H. The van der Waals surface area contributed by atoms with Crippen LogP contribution in [0.3, 0.4) is 0 Å². The number of nitrogens with two attached hydrogens (primary N) is 1. The number of sulfonamides is 1. The Bertz CT molecular complexity index is 568. The number of morpholine rings is 1. The van der Waals surface area contributed by atoms with Crippen LogP contribution in [-0.2, 0) is 14.8 Å². The van der Waals surface area contributed by atoms with Gasteiger partial charge in [-0.25, -0.2) is 12.8 Å². The summed E-state index contributed by atoms with van der Waals surface area (Å²) in [6.07, 6.45) is -0.308. The van der Waals surface area contributed by atoms with Crippen molar-refractivity contribution in [2.75, 3.05) is 26.2 Å². The van der Waals surface area contributed by atoms with Crippen LogP contribution in [0, 0.1) is 12.7 Å². The molecular weight excluding hydrogens is 307 g/mol. The fraction of sp³-hybridized carbons (Fsp3) is 0.500. The van der Waals surface area contributed by atoms with E-state index < -0.39 is 15.8 Å². The lowest BCUT2D eigenvalue weighted by atomic mass is 10.2. The van der Waals surface area contributed by atoms with Gasteiger partial charge in [-0.3, -0.25) is 0 Å². The van der Waals surface area contributed by atoms with E-state index >= 15 is 0 Å². The second-order valence-electron chi connectivity index (χ2n) is 4.50. The Kier molecular flexibility index (Phi) is 5.91. The molecule has 1 unspecified atom stereocenters. The van der Waals surface area contributed by atoms with Gasteiger partial charge in [0.25, 0.3) is 0 Å². The summed E-state index contributed by atoms with van der Waals surface area (Å²) >= 11 is 0. The van der Waals surface area contributed by atoms with Crippen molar-refractivity contribution in [1.29, 1.82) is 0 Å². The van der Waals surface area contributed by atoms with Crippen molar-refractivity contribution in [3.8, 4) is 0 Å². The van der Waals surface area contributed by atoms with Gasteiger partial charge < -0.3 is 10.5 Å². The molecule has 0 radical (unpaired) electrons. The van der Waals surface area contributed by atoms with Crippen molar-refractivity contribution in [2.24, 2.45) is 5.73 Å². The van der Waals surface area contributed by atoms with E-state index in [2.05, 4.69) is 0 Å². The van der Waals surface area contributed by atoms with Gasteiger partial charge in [0.15, 0.2) is 0 Å². The molecule has 2 rings (SSSR count). The molecule has 1 atom stereocenters. The molecule has 0 spiro atoms. The van der Waals surface area contributed by atoms with Gasteiger partial charge in [0.2, 0.25) is 10.0 Å². The maximum atomic E-state index is 13.3. The van der Waals surface area contributed by atoms with Gasteiger partial charge in [-0.1, -0.05) is 6.07 Å². The Morgan fingerprint density at radius 1 is 1.50 bits per heavy atom. The molecule has 0 saturated carbocycles. The number of nitrogens with zero attached hydrogens (tertiary/aromatic N) is 1.